The number of hydrogen-bond acceptors (Lipinski definition) is 4. The van der Waals surface area contributed by atoms with Gasteiger partial charge in [-0.05, 0) is 68.0 Å². The first-order valence-corrected chi connectivity index (χ1v) is 9.51. The summed E-state index contributed by atoms with van der Waals surface area (Å²) in [6.07, 6.45) is 4.41. The van der Waals surface area contributed by atoms with Crippen molar-refractivity contribution in [3.8, 4) is 5.75 Å². The summed E-state index contributed by atoms with van der Waals surface area (Å²) in [4.78, 5) is 15.1. The molecule has 1 N–H and O–H groups in total. The van der Waals surface area contributed by atoms with Crippen molar-refractivity contribution in [1.29, 1.82) is 0 Å². The highest BCUT2D eigenvalue weighted by molar-refractivity contribution is 5.80. The van der Waals surface area contributed by atoms with Crippen LogP contribution in [0.4, 0.5) is 0 Å². The van der Waals surface area contributed by atoms with Crippen LogP contribution in [0.1, 0.15) is 36.8 Å². The fourth-order valence-corrected chi connectivity index (χ4v) is 4.50. The van der Waals surface area contributed by atoms with Gasteiger partial charge in [0.1, 0.15) is 5.75 Å². The topological polar surface area (TPSA) is 50.8 Å². The van der Waals surface area contributed by atoms with Crippen LogP contribution in [0.25, 0.3) is 0 Å². The van der Waals surface area contributed by atoms with Crippen molar-refractivity contribution >= 4 is 5.91 Å². The molecule has 0 aliphatic carbocycles. The maximum absolute atomic E-state index is 13.1. The van der Waals surface area contributed by atoms with Gasteiger partial charge in [0, 0.05) is 19.7 Å². The van der Waals surface area contributed by atoms with E-state index >= 15 is 0 Å². The van der Waals surface area contributed by atoms with E-state index in [4.69, 9.17) is 9.47 Å². The van der Waals surface area contributed by atoms with Crippen molar-refractivity contribution in [3.63, 3.8) is 0 Å². The maximum atomic E-state index is 13.1. The molecule has 0 saturated carbocycles. The smallest absolute Gasteiger partial charge is 0.228 e. The summed E-state index contributed by atoms with van der Waals surface area (Å²) in [6, 6.07) is 6.12. The van der Waals surface area contributed by atoms with Crippen LogP contribution in [-0.2, 0) is 22.6 Å². The molecule has 1 amide bonds. The monoisotopic (exact) mass is 344 g/mol. The summed E-state index contributed by atoms with van der Waals surface area (Å²) in [5.74, 6) is 1.86. The molecule has 4 rings (SSSR count). The number of fused-ring (bicyclic) bond motifs is 1. The number of rotatable bonds is 4. The lowest BCUT2D eigenvalue weighted by Gasteiger charge is -2.28. The number of piperidine rings is 1. The minimum Gasteiger partial charge on any atom is -0.497 e. The van der Waals surface area contributed by atoms with E-state index < -0.39 is 0 Å². The van der Waals surface area contributed by atoms with Gasteiger partial charge in [-0.2, -0.15) is 0 Å². The molecule has 25 heavy (non-hydrogen) atoms. The van der Waals surface area contributed by atoms with Gasteiger partial charge >= 0.3 is 0 Å². The lowest BCUT2D eigenvalue weighted by Crippen LogP contribution is -2.38. The Balaban J connectivity index is 1.40. The maximum Gasteiger partial charge on any atom is 0.228 e. The lowest BCUT2D eigenvalue weighted by molar-refractivity contribution is -0.138. The first-order valence-electron chi connectivity index (χ1n) is 9.51. The molecule has 5 heteroatoms. The van der Waals surface area contributed by atoms with Crippen LogP contribution in [-0.4, -0.2) is 43.7 Å². The summed E-state index contributed by atoms with van der Waals surface area (Å²) in [6.45, 7) is 4.33. The third-order valence-corrected chi connectivity index (χ3v) is 6.00. The third kappa shape index (κ3) is 3.53. The van der Waals surface area contributed by atoms with Crippen molar-refractivity contribution in [3.05, 3.63) is 29.3 Å². The van der Waals surface area contributed by atoms with Gasteiger partial charge < -0.3 is 19.7 Å². The molecule has 0 radical (unpaired) electrons. The molecule has 2 fully saturated rings. The van der Waals surface area contributed by atoms with E-state index in [1.807, 2.05) is 11.0 Å². The van der Waals surface area contributed by atoms with E-state index in [2.05, 4.69) is 17.4 Å². The van der Waals surface area contributed by atoms with E-state index in [0.717, 1.165) is 38.3 Å². The predicted molar refractivity (Wildman–Crippen MR) is 95.3 cm³/mol. The van der Waals surface area contributed by atoms with Gasteiger partial charge in [-0.3, -0.25) is 4.79 Å². The van der Waals surface area contributed by atoms with Gasteiger partial charge in [0.2, 0.25) is 5.91 Å². The zero-order valence-electron chi connectivity index (χ0n) is 15.0. The standard InChI is InChI=1S/C20H28N2O3/c1-24-17-3-2-15-12-22(13-16(15)11-17)20(23)18-6-9-25-19(18)10-14-4-7-21-8-5-14/h2-3,11,14,18-19,21H,4-10,12-13H2,1H3/t18-,19-/m1/s1. The first-order chi connectivity index (χ1) is 12.2. The van der Waals surface area contributed by atoms with Crippen LogP contribution in [0.2, 0.25) is 0 Å². The molecule has 1 aromatic carbocycles. The fourth-order valence-electron chi connectivity index (χ4n) is 4.50. The van der Waals surface area contributed by atoms with Crippen LogP contribution in [0.3, 0.4) is 0 Å². The second-order valence-electron chi connectivity index (χ2n) is 7.56. The Labute approximate surface area is 149 Å². The first kappa shape index (κ1) is 16.9. The number of nitrogens with one attached hydrogen (secondary N) is 1. The Hall–Kier alpha value is -1.59. The molecule has 3 aliphatic heterocycles. The predicted octanol–water partition coefficient (Wildman–Crippen LogP) is 2.33. The number of hydrogen-bond donors (Lipinski definition) is 1. The molecule has 3 aliphatic rings. The SMILES string of the molecule is COc1ccc2c(c1)CN(C(=O)[C@@H]1CCO[C@@H]1CC1CCNCC1)C2. The molecule has 0 spiro atoms. The Morgan fingerprint density at radius 3 is 2.84 bits per heavy atom. The van der Waals surface area contributed by atoms with Crippen molar-refractivity contribution in [2.75, 3.05) is 26.8 Å². The van der Waals surface area contributed by atoms with Gasteiger partial charge in [0.05, 0.1) is 19.1 Å². The molecule has 0 bridgehead atoms. The van der Waals surface area contributed by atoms with Crippen molar-refractivity contribution in [2.24, 2.45) is 11.8 Å². The quantitative estimate of drug-likeness (QED) is 0.911. The van der Waals surface area contributed by atoms with E-state index in [1.54, 1.807) is 7.11 Å². The highest BCUT2D eigenvalue weighted by atomic mass is 16.5. The molecule has 1 aromatic rings. The summed E-state index contributed by atoms with van der Waals surface area (Å²) < 4.78 is 11.3. The Kier molecular flexibility index (Phi) is 4.95. The number of nitrogens with zero attached hydrogens (tertiary/aromatic N) is 1. The zero-order valence-corrected chi connectivity index (χ0v) is 15.0. The van der Waals surface area contributed by atoms with E-state index in [-0.39, 0.29) is 17.9 Å². The number of amides is 1. The molecule has 2 saturated heterocycles. The van der Waals surface area contributed by atoms with Crippen molar-refractivity contribution in [1.82, 2.24) is 10.2 Å². The Morgan fingerprint density at radius 2 is 2.04 bits per heavy atom. The highest BCUT2D eigenvalue weighted by Gasteiger charge is 2.39. The summed E-state index contributed by atoms with van der Waals surface area (Å²) in [5, 5.41) is 3.41. The molecule has 5 nitrogen and oxygen atoms in total. The fraction of sp³-hybridized carbons (Fsp3) is 0.650. The third-order valence-electron chi connectivity index (χ3n) is 6.00. The average Bonchev–Trinajstić information content (AvgIpc) is 3.28. The minimum absolute atomic E-state index is 0.0334. The average molecular weight is 344 g/mol. The van der Waals surface area contributed by atoms with Gasteiger partial charge in [0.15, 0.2) is 0 Å². The number of carbonyl (C=O) groups excluding carboxylic acids is 1. The lowest BCUT2D eigenvalue weighted by atomic mass is 9.87. The second-order valence-corrected chi connectivity index (χ2v) is 7.56. The molecule has 136 valence electrons. The summed E-state index contributed by atoms with van der Waals surface area (Å²) in [7, 11) is 1.68. The second kappa shape index (κ2) is 7.34. The normalized spacial score (nSPS) is 26.7. The number of benzene rings is 1. The molecule has 3 heterocycles. The molecular weight excluding hydrogens is 316 g/mol. The molecular formula is C20H28N2O3. The molecule has 0 aromatic heterocycles. The van der Waals surface area contributed by atoms with Gasteiger partial charge in [-0.25, -0.2) is 0 Å². The van der Waals surface area contributed by atoms with E-state index in [9.17, 15) is 4.79 Å². The summed E-state index contributed by atoms with van der Waals surface area (Å²) >= 11 is 0. The van der Waals surface area contributed by atoms with Crippen molar-refractivity contribution in [2.45, 2.75) is 44.9 Å². The van der Waals surface area contributed by atoms with Crippen LogP contribution < -0.4 is 10.1 Å². The van der Waals surface area contributed by atoms with Crippen LogP contribution >= 0.6 is 0 Å². The molecule has 2 atom stereocenters. The van der Waals surface area contributed by atoms with E-state index in [1.165, 1.54) is 24.0 Å². The molecule has 0 unspecified atom stereocenters. The number of methoxy groups -OCH3 is 1. The number of ether oxygens (including phenoxy) is 2. The Morgan fingerprint density at radius 1 is 1.24 bits per heavy atom. The van der Waals surface area contributed by atoms with Crippen LogP contribution in [0.15, 0.2) is 18.2 Å². The van der Waals surface area contributed by atoms with Gasteiger partial charge in [0.25, 0.3) is 0 Å². The number of carbonyl (C=O) groups is 1. The van der Waals surface area contributed by atoms with Crippen LogP contribution in [0, 0.1) is 11.8 Å². The Bertz CT molecular complexity index is 627. The van der Waals surface area contributed by atoms with Gasteiger partial charge in [-0.15, -0.1) is 0 Å². The minimum atomic E-state index is 0.0334. The van der Waals surface area contributed by atoms with Crippen molar-refractivity contribution < 1.29 is 14.3 Å². The zero-order chi connectivity index (χ0) is 17.2. The van der Waals surface area contributed by atoms with Gasteiger partial charge in [-0.1, -0.05) is 6.07 Å². The van der Waals surface area contributed by atoms with E-state index in [0.29, 0.717) is 19.0 Å². The van der Waals surface area contributed by atoms with Crippen LogP contribution in [0.5, 0.6) is 5.75 Å². The summed E-state index contributed by atoms with van der Waals surface area (Å²) in [5.41, 5.74) is 2.45. The largest absolute Gasteiger partial charge is 0.497 e. The highest BCUT2D eigenvalue weighted by Crippen LogP contribution is 2.34.